The number of hydrogen-bond donors (Lipinski definition) is 2. The fourth-order valence-electron chi connectivity index (χ4n) is 5.08. The van der Waals surface area contributed by atoms with E-state index in [4.69, 9.17) is 11.5 Å². The number of rotatable bonds is 2. The number of fused-ring (bicyclic) bond motifs is 4. The highest BCUT2D eigenvalue weighted by molar-refractivity contribution is 6.05. The van der Waals surface area contributed by atoms with E-state index in [0.717, 1.165) is 57.6 Å². The van der Waals surface area contributed by atoms with Crippen molar-refractivity contribution >= 4 is 71.7 Å². The fraction of sp³-hybridized carbons (Fsp3) is 0. The van der Waals surface area contributed by atoms with E-state index in [1.165, 1.54) is 0 Å². The van der Waals surface area contributed by atoms with E-state index in [9.17, 15) is 19.2 Å². The summed E-state index contributed by atoms with van der Waals surface area (Å²) in [7, 11) is 0. The third-order valence-electron chi connectivity index (χ3n) is 7.24. The number of nitrogens with zero attached hydrogens (tertiary/aromatic N) is 2. The van der Waals surface area contributed by atoms with E-state index < -0.39 is 12.1 Å². The molecule has 0 atom stereocenters. The van der Waals surface area contributed by atoms with Crippen LogP contribution >= 0.6 is 0 Å². The minimum absolute atomic E-state index is 0.474. The minimum Gasteiger partial charge on any atom is -0.351 e. The molecular formula is C38H30N4O4. The van der Waals surface area contributed by atoms with Crippen molar-refractivity contribution in [3.05, 3.63) is 155 Å². The summed E-state index contributed by atoms with van der Waals surface area (Å²) in [5, 5.41) is 0. The molecule has 2 aliphatic rings. The Balaban J connectivity index is 0.000000142. The average molecular weight is 607 g/mol. The molecule has 226 valence electrons. The van der Waals surface area contributed by atoms with Crippen LogP contribution in [-0.4, -0.2) is 24.6 Å². The molecule has 0 fully saturated rings. The first-order chi connectivity index (χ1) is 22.4. The molecule has 0 radical (unpaired) electrons. The molecule has 4 amide bonds. The van der Waals surface area contributed by atoms with Crippen molar-refractivity contribution in [3.63, 3.8) is 0 Å². The third-order valence-corrected chi connectivity index (χ3v) is 7.24. The molecule has 0 aliphatic carbocycles. The summed E-state index contributed by atoms with van der Waals surface area (Å²) in [6.45, 7) is 0. The molecule has 5 aromatic rings. The Morgan fingerprint density at radius 2 is 0.652 bits per heavy atom. The van der Waals surface area contributed by atoms with Crippen molar-refractivity contribution in [1.29, 1.82) is 0 Å². The highest BCUT2D eigenvalue weighted by Crippen LogP contribution is 2.37. The van der Waals surface area contributed by atoms with Crippen molar-refractivity contribution < 1.29 is 19.2 Å². The lowest BCUT2D eigenvalue weighted by Crippen LogP contribution is -2.32. The summed E-state index contributed by atoms with van der Waals surface area (Å²) in [5.74, 6) is 0. The van der Waals surface area contributed by atoms with E-state index >= 15 is 0 Å². The van der Waals surface area contributed by atoms with Crippen LogP contribution in [0.4, 0.5) is 32.3 Å². The van der Waals surface area contributed by atoms with Crippen molar-refractivity contribution in [3.8, 4) is 0 Å². The molecule has 7 rings (SSSR count). The second-order valence-corrected chi connectivity index (χ2v) is 10.2. The molecule has 2 heterocycles. The Kier molecular flexibility index (Phi) is 9.60. The van der Waals surface area contributed by atoms with Gasteiger partial charge in [0.15, 0.2) is 0 Å². The monoisotopic (exact) mass is 606 g/mol. The molecule has 2 aliphatic heterocycles. The van der Waals surface area contributed by atoms with Gasteiger partial charge in [-0.25, -0.2) is 9.59 Å². The molecule has 46 heavy (non-hydrogen) atoms. The quantitative estimate of drug-likeness (QED) is 0.197. The standard InChI is InChI=1S/2C15H12N2O.C8H6O2/c2*16-15(18)17-13-7-3-1-5-11(13)9-10-12-6-2-4-8-14(12)17;9-5-7-1-2-8(6-10)4-3-7/h2*1-10H,(H2,16,18);1-6H. The van der Waals surface area contributed by atoms with Crippen LogP contribution in [0, 0.1) is 0 Å². The SMILES string of the molecule is NC(=O)N1c2ccccc2C=Cc2ccccc21.NC(=O)N1c2ccccc2C=Cc2ccccc21.O=Cc1ccc(C=O)cc1. The van der Waals surface area contributed by atoms with Gasteiger partial charge < -0.3 is 11.5 Å². The molecule has 0 unspecified atom stereocenters. The predicted octanol–water partition coefficient (Wildman–Crippen LogP) is 8.09. The number of urea groups is 2. The lowest BCUT2D eigenvalue weighted by molar-refractivity contribution is 0.111. The van der Waals surface area contributed by atoms with Crippen LogP contribution in [0.3, 0.4) is 0 Å². The molecule has 0 bridgehead atoms. The van der Waals surface area contributed by atoms with Gasteiger partial charge in [0.25, 0.3) is 0 Å². The smallest absolute Gasteiger partial charge is 0.323 e. The number of nitrogens with two attached hydrogens (primary N) is 2. The molecule has 0 saturated carbocycles. The number of carbonyl (C=O) groups is 4. The maximum Gasteiger partial charge on any atom is 0.323 e. The number of hydrogen-bond acceptors (Lipinski definition) is 4. The van der Waals surface area contributed by atoms with Crippen molar-refractivity contribution in [2.24, 2.45) is 11.5 Å². The molecular weight excluding hydrogens is 576 g/mol. The van der Waals surface area contributed by atoms with Gasteiger partial charge in [0.2, 0.25) is 0 Å². The lowest BCUT2D eigenvalue weighted by atomic mass is 10.1. The van der Waals surface area contributed by atoms with Gasteiger partial charge in [-0.15, -0.1) is 0 Å². The van der Waals surface area contributed by atoms with Crippen LogP contribution in [0.15, 0.2) is 121 Å². The van der Waals surface area contributed by atoms with Gasteiger partial charge >= 0.3 is 12.1 Å². The number of carbonyl (C=O) groups excluding carboxylic acids is 4. The Bertz CT molecular complexity index is 1720. The normalized spacial score (nSPS) is 11.7. The van der Waals surface area contributed by atoms with Crippen LogP contribution in [0.5, 0.6) is 0 Å². The summed E-state index contributed by atoms with van der Waals surface area (Å²) in [4.78, 5) is 46.8. The number of primary amides is 2. The molecule has 0 saturated heterocycles. The Hall–Kier alpha value is -6.54. The maximum atomic E-state index is 11.8. The number of para-hydroxylation sites is 4. The van der Waals surface area contributed by atoms with Crippen LogP contribution in [0.25, 0.3) is 24.3 Å². The zero-order chi connectivity index (χ0) is 32.5. The van der Waals surface area contributed by atoms with E-state index in [-0.39, 0.29) is 0 Å². The van der Waals surface area contributed by atoms with E-state index in [1.54, 1.807) is 34.1 Å². The largest absolute Gasteiger partial charge is 0.351 e. The topological polar surface area (TPSA) is 127 Å². The summed E-state index contributed by atoms with van der Waals surface area (Å²) >= 11 is 0. The van der Waals surface area contributed by atoms with Crippen molar-refractivity contribution in [1.82, 2.24) is 0 Å². The molecule has 0 aromatic heterocycles. The van der Waals surface area contributed by atoms with Crippen LogP contribution in [0.1, 0.15) is 43.0 Å². The zero-order valence-corrected chi connectivity index (χ0v) is 24.7. The van der Waals surface area contributed by atoms with Gasteiger partial charge in [-0.1, -0.05) is 121 Å². The van der Waals surface area contributed by atoms with E-state index in [2.05, 4.69) is 0 Å². The Morgan fingerprint density at radius 3 is 0.870 bits per heavy atom. The minimum atomic E-state index is -0.474. The van der Waals surface area contributed by atoms with Gasteiger partial charge in [0.05, 0.1) is 22.7 Å². The first-order valence-electron chi connectivity index (χ1n) is 14.3. The number of amides is 4. The molecule has 8 heteroatoms. The van der Waals surface area contributed by atoms with Crippen molar-refractivity contribution in [2.45, 2.75) is 0 Å². The molecule has 8 nitrogen and oxygen atoms in total. The Labute approximate surface area is 266 Å². The molecule has 5 aromatic carbocycles. The summed E-state index contributed by atoms with van der Waals surface area (Å²) in [5.41, 5.74) is 19.4. The first kappa shape index (κ1) is 30.9. The average Bonchev–Trinajstić information content (AvgIpc) is 3.37. The van der Waals surface area contributed by atoms with Gasteiger partial charge in [-0.3, -0.25) is 19.4 Å². The van der Waals surface area contributed by atoms with Gasteiger partial charge in [-0.2, -0.15) is 0 Å². The van der Waals surface area contributed by atoms with Crippen LogP contribution < -0.4 is 21.3 Å². The van der Waals surface area contributed by atoms with Crippen LogP contribution in [0.2, 0.25) is 0 Å². The Morgan fingerprint density at radius 1 is 0.413 bits per heavy atom. The molecule has 0 spiro atoms. The zero-order valence-electron chi connectivity index (χ0n) is 24.7. The lowest BCUT2D eigenvalue weighted by Gasteiger charge is -2.22. The summed E-state index contributed by atoms with van der Waals surface area (Å²) in [6.07, 6.45) is 9.48. The van der Waals surface area contributed by atoms with E-state index in [0.29, 0.717) is 11.1 Å². The van der Waals surface area contributed by atoms with Gasteiger partial charge in [0.1, 0.15) is 12.6 Å². The number of benzene rings is 5. The highest BCUT2D eigenvalue weighted by atomic mass is 16.2. The number of aldehydes is 2. The summed E-state index contributed by atoms with van der Waals surface area (Å²) < 4.78 is 0. The predicted molar refractivity (Wildman–Crippen MR) is 184 cm³/mol. The van der Waals surface area contributed by atoms with Crippen LogP contribution in [-0.2, 0) is 0 Å². The summed E-state index contributed by atoms with van der Waals surface area (Å²) in [6, 6.07) is 36.3. The van der Waals surface area contributed by atoms with E-state index in [1.807, 2.05) is 121 Å². The van der Waals surface area contributed by atoms with Crippen molar-refractivity contribution in [2.75, 3.05) is 9.80 Å². The van der Waals surface area contributed by atoms with Gasteiger partial charge in [-0.05, 0) is 46.5 Å². The second kappa shape index (κ2) is 14.3. The van der Waals surface area contributed by atoms with Gasteiger partial charge in [0, 0.05) is 11.1 Å². The maximum absolute atomic E-state index is 11.8. The third kappa shape index (κ3) is 6.82. The first-order valence-corrected chi connectivity index (χ1v) is 14.3. The molecule has 4 N–H and O–H groups in total. The number of anilines is 4. The fourth-order valence-corrected chi connectivity index (χ4v) is 5.08. The highest BCUT2D eigenvalue weighted by Gasteiger charge is 2.22. The second-order valence-electron chi connectivity index (χ2n) is 10.2.